The van der Waals surface area contributed by atoms with E-state index in [1.165, 1.54) is 0 Å². The third kappa shape index (κ3) is 3.35. The van der Waals surface area contributed by atoms with Crippen LogP contribution in [0.2, 0.25) is 0 Å². The lowest BCUT2D eigenvalue weighted by molar-refractivity contribution is 0.108. The summed E-state index contributed by atoms with van der Waals surface area (Å²) in [5.74, 6) is 1.32. The highest BCUT2D eigenvalue weighted by Gasteiger charge is 2.18. The highest BCUT2D eigenvalue weighted by Crippen LogP contribution is 2.26. The van der Waals surface area contributed by atoms with Crippen LogP contribution in [0.1, 0.15) is 16.7 Å². The molecule has 2 aromatic rings. The number of benzene rings is 2. The van der Waals surface area contributed by atoms with Gasteiger partial charge in [0.05, 0.1) is 20.8 Å². The second-order valence-electron chi connectivity index (χ2n) is 5.37. The van der Waals surface area contributed by atoms with Gasteiger partial charge in [-0.3, -0.25) is 4.90 Å². The fraction of sp³-hybridized carbons (Fsp3) is 0.211. The van der Waals surface area contributed by atoms with Crippen LogP contribution in [0.25, 0.3) is 6.08 Å². The van der Waals surface area contributed by atoms with Gasteiger partial charge in [0.15, 0.2) is 0 Å². The summed E-state index contributed by atoms with van der Waals surface area (Å²) in [6, 6.07) is 13.4. The summed E-state index contributed by atoms with van der Waals surface area (Å²) in [4.78, 5) is 13.8. The number of rotatable bonds is 4. The molecule has 0 N–H and O–H groups in total. The fourth-order valence-corrected chi connectivity index (χ4v) is 2.57. The van der Waals surface area contributed by atoms with Crippen molar-refractivity contribution < 1.29 is 19.0 Å². The Labute approximate surface area is 141 Å². The summed E-state index contributed by atoms with van der Waals surface area (Å²) in [7, 11) is 3.17. The van der Waals surface area contributed by atoms with Crippen molar-refractivity contribution in [3.8, 4) is 11.5 Å². The molecule has 0 spiro atoms. The van der Waals surface area contributed by atoms with Crippen LogP contribution in [-0.4, -0.2) is 25.2 Å². The standard InChI is InChI=1S/C19H19NO4/c1-22-17-8-7-16(18(11-17)23-2)13-24-19(21)20-10-9-14-5-3-4-6-15(14)12-20/h3-11H,12-13H2,1-2H3. The zero-order valence-electron chi connectivity index (χ0n) is 13.7. The van der Waals surface area contributed by atoms with E-state index in [1.54, 1.807) is 31.4 Å². The van der Waals surface area contributed by atoms with Crippen LogP contribution in [0.15, 0.2) is 48.7 Å². The zero-order chi connectivity index (χ0) is 16.9. The van der Waals surface area contributed by atoms with Crippen molar-refractivity contribution in [3.63, 3.8) is 0 Å². The predicted octanol–water partition coefficient (Wildman–Crippen LogP) is 3.83. The molecule has 5 heteroatoms. The van der Waals surface area contributed by atoms with Crippen molar-refractivity contribution >= 4 is 12.2 Å². The molecule has 0 atom stereocenters. The van der Waals surface area contributed by atoms with Gasteiger partial charge in [0.25, 0.3) is 0 Å². The predicted molar refractivity (Wildman–Crippen MR) is 90.8 cm³/mol. The lowest BCUT2D eigenvalue weighted by Crippen LogP contribution is -2.28. The maximum absolute atomic E-state index is 12.3. The number of carbonyl (C=O) groups is 1. The first kappa shape index (κ1) is 15.9. The van der Waals surface area contributed by atoms with Gasteiger partial charge in [-0.1, -0.05) is 24.3 Å². The molecule has 0 radical (unpaired) electrons. The molecule has 1 aliphatic heterocycles. The Morgan fingerprint density at radius 1 is 1.12 bits per heavy atom. The molecule has 1 heterocycles. The average molecular weight is 325 g/mol. The third-order valence-corrected chi connectivity index (χ3v) is 3.91. The summed E-state index contributed by atoms with van der Waals surface area (Å²) in [5.41, 5.74) is 3.00. The summed E-state index contributed by atoms with van der Waals surface area (Å²) in [5, 5.41) is 0. The first-order chi connectivity index (χ1) is 11.7. The van der Waals surface area contributed by atoms with Crippen LogP contribution in [0, 0.1) is 0 Å². The molecule has 24 heavy (non-hydrogen) atoms. The van der Waals surface area contributed by atoms with E-state index in [0.717, 1.165) is 16.7 Å². The Morgan fingerprint density at radius 3 is 2.75 bits per heavy atom. The van der Waals surface area contributed by atoms with Gasteiger partial charge in [0, 0.05) is 17.8 Å². The Bertz CT molecular complexity index is 770. The van der Waals surface area contributed by atoms with Crippen molar-refractivity contribution in [1.82, 2.24) is 4.90 Å². The molecule has 0 unspecified atom stereocenters. The van der Waals surface area contributed by atoms with Gasteiger partial charge in [-0.05, 0) is 29.3 Å². The molecular weight excluding hydrogens is 306 g/mol. The van der Waals surface area contributed by atoms with Gasteiger partial charge < -0.3 is 14.2 Å². The highest BCUT2D eigenvalue weighted by atomic mass is 16.6. The Morgan fingerprint density at radius 2 is 1.96 bits per heavy atom. The van der Waals surface area contributed by atoms with E-state index in [4.69, 9.17) is 14.2 Å². The van der Waals surface area contributed by atoms with Crippen molar-refractivity contribution in [2.75, 3.05) is 14.2 Å². The number of carbonyl (C=O) groups excluding carboxylic acids is 1. The molecule has 0 saturated carbocycles. The van der Waals surface area contributed by atoms with Gasteiger partial charge in [-0.25, -0.2) is 4.79 Å². The number of methoxy groups -OCH3 is 2. The number of nitrogens with zero attached hydrogens (tertiary/aromatic N) is 1. The SMILES string of the molecule is COc1ccc(COC(=O)N2C=Cc3ccccc3C2)c(OC)c1. The second-order valence-corrected chi connectivity index (χ2v) is 5.37. The summed E-state index contributed by atoms with van der Waals surface area (Å²) < 4.78 is 15.9. The van der Waals surface area contributed by atoms with Crippen LogP contribution < -0.4 is 9.47 Å². The topological polar surface area (TPSA) is 48.0 Å². The van der Waals surface area contributed by atoms with E-state index in [2.05, 4.69) is 0 Å². The monoisotopic (exact) mass is 325 g/mol. The molecule has 5 nitrogen and oxygen atoms in total. The lowest BCUT2D eigenvalue weighted by atomic mass is 10.1. The molecule has 1 amide bonds. The van der Waals surface area contributed by atoms with Gasteiger partial charge in [0.2, 0.25) is 0 Å². The number of ether oxygens (including phenoxy) is 3. The molecule has 0 bridgehead atoms. The molecule has 3 rings (SSSR count). The highest BCUT2D eigenvalue weighted by molar-refractivity contribution is 5.72. The molecule has 1 aliphatic rings. The second kappa shape index (κ2) is 7.08. The van der Waals surface area contributed by atoms with E-state index in [0.29, 0.717) is 18.0 Å². The van der Waals surface area contributed by atoms with Crippen LogP contribution in [0.3, 0.4) is 0 Å². The van der Waals surface area contributed by atoms with E-state index in [9.17, 15) is 4.79 Å². The van der Waals surface area contributed by atoms with E-state index in [1.807, 2.05) is 42.5 Å². The smallest absolute Gasteiger partial charge is 0.414 e. The number of hydrogen-bond donors (Lipinski definition) is 0. The van der Waals surface area contributed by atoms with Gasteiger partial charge in [-0.2, -0.15) is 0 Å². The minimum atomic E-state index is -0.390. The van der Waals surface area contributed by atoms with Crippen LogP contribution in [-0.2, 0) is 17.9 Å². The summed E-state index contributed by atoms with van der Waals surface area (Å²) >= 11 is 0. The number of hydrogen-bond acceptors (Lipinski definition) is 4. The Balaban J connectivity index is 1.65. The minimum Gasteiger partial charge on any atom is -0.497 e. The quantitative estimate of drug-likeness (QED) is 0.857. The van der Waals surface area contributed by atoms with Crippen LogP contribution >= 0.6 is 0 Å². The number of amides is 1. The normalized spacial score (nSPS) is 12.5. The zero-order valence-corrected chi connectivity index (χ0v) is 13.7. The van der Waals surface area contributed by atoms with E-state index in [-0.39, 0.29) is 6.61 Å². The van der Waals surface area contributed by atoms with E-state index >= 15 is 0 Å². The average Bonchev–Trinajstić information content (AvgIpc) is 2.65. The largest absolute Gasteiger partial charge is 0.497 e. The van der Waals surface area contributed by atoms with Gasteiger partial charge >= 0.3 is 6.09 Å². The van der Waals surface area contributed by atoms with E-state index < -0.39 is 6.09 Å². The van der Waals surface area contributed by atoms with Gasteiger partial charge in [0.1, 0.15) is 18.1 Å². The Kier molecular flexibility index (Phi) is 4.70. The first-order valence-electron chi connectivity index (χ1n) is 7.61. The summed E-state index contributed by atoms with van der Waals surface area (Å²) in [6.07, 6.45) is 3.27. The van der Waals surface area contributed by atoms with Crippen molar-refractivity contribution in [3.05, 3.63) is 65.4 Å². The van der Waals surface area contributed by atoms with Crippen molar-refractivity contribution in [1.29, 1.82) is 0 Å². The fourth-order valence-electron chi connectivity index (χ4n) is 2.57. The molecule has 2 aromatic carbocycles. The van der Waals surface area contributed by atoms with Crippen molar-refractivity contribution in [2.24, 2.45) is 0 Å². The van der Waals surface area contributed by atoms with Crippen LogP contribution in [0.4, 0.5) is 4.79 Å². The lowest BCUT2D eigenvalue weighted by Gasteiger charge is -2.23. The van der Waals surface area contributed by atoms with Crippen molar-refractivity contribution in [2.45, 2.75) is 13.2 Å². The third-order valence-electron chi connectivity index (χ3n) is 3.91. The molecular formula is C19H19NO4. The maximum atomic E-state index is 12.3. The number of fused-ring (bicyclic) bond motifs is 1. The Hall–Kier alpha value is -2.95. The molecule has 0 fully saturated rings. The van der Waals surface area contributed by atoms with Crippen LogP contribution in [0.5, 0.6) is 11.5 Å². The maximum Gasteiger partial charge on any atom is 0.414 e. The molecule has 0 saturated heterocycles. The summed E-state index contributed by atoms with van der Waals surface area (Å²) in [6.45, 7) is 0.642. The molecule has 0 aromatic heterocycles. The minimum absolute atomic E-state index is 0.137. The van der Waals surface area contributed by atoms with Gasteiger partial charge in [-0.15, -0.1) is 0 Å². The molecule has 124 valence electrons. The first-order valence-corrected chi connectivity index (χ1v) is 7.61. The molecule has 0 aliphatic carbocycles.